The van der Waals surface area contributed by atoms with Gasteiger partial charge in [0.2, 0.25) is 0 Å². The maximum Gasteiger partial charge on any atom is 0.347 e. The minimum Gasteiger partial charge on any atom is -0.492 e. The van der Waals surface area contributed by atoms with Crippen molar-refractivity contribution in [2.75, 3.05) is 32.8 Å². The summed E-state index contributed by atoms with van der Waals surface area (Å²) in [6.07, 6.45) is -0.641. The summed E-state index contributed by atoms with van der Waals surface area (Å²) >= 11 is 0. The van der Waals surface area contributed by atoms with Gasteiger partial charge in [0.1, 0.15) is 28.8 Å². The number of hydrogen-bond donors (Lipinski definition) is 1. The first-order valence-electron chi connectivity index (χ1n) is 18.3. The molecule has 4 aromatic carbocycles. The first-order valence-corrected chi connectivity index (χ1v) is 19.8. The first kappa shape index (κ1) is 40.7. The molecular weight excluding hydrogens is 752 g/mol. The van der Waals surface area contributed by atoms with Crippen LogP contribution in [-0.4, -0.2) is 68.0 Å². The first-order chi connectivity index (χ1) is 26.5. The van der Waals surface area contributed by atoms with Crippen molar-refractivity contribution in [3.05, 3.63) is 129 Å². The summed E-state index contributed by atoms with van der Waals surface area (Å²) < 4.78 is 87.4. The normalized spacial score (nSPS) is 19.9. The fourth-order valence-electron chi connectivity index (χ4n) is 7.38. The molecule has 2 aliphatic rings. The summed E-state index contributed by atoms with van der Waals surface area (Å²) in [6.45, 7) is 8.88. The highest BCUT2D eigenvalue weighted by Crippen LogP contribution is 2.60. The van der Waals surface area contributed by atoms with Gasteiger partial charge in [-0.25, -0.2) is 26.4 Å². The van der Waals surface area contributed by atoms with Crippen molar-refractivity contribution in [2.24, 2.45) is 11.8 Å². The Labute approximate surface area is 323 Å². The maximum absolute atomic E-state index is 14.4. The van der Waals surface area contributed by atoms with Gasteiger partial charge in [-0.2, -0.15) is 0 Å². The second kappa shape index (κ2) is 16.2. The number of sulfone groups is 1. The van der Waals surface area contributed by atoms with Crippen molar-refractivity contribution in [2.45, 2.75) is 61.9 Å². The van der Waals surface area contributed by atoms with Crippen LogP contribution in [0, 0.1) is 39.4 Å². The molecule has 0 spiro atoms. The smallest absolute Gasteiger partial charge is 0.347 e. The molecular formula is C41H44F3N3O8S. The number of carbonyl (C=O) groups excluding carboxylic acids is 1. The molecule has 1 heterocycles. The lowest BCUT2D eigenvalue weighted by Crippen LogP contribution is -2.48. The molecule has 4 atom stereocenters. The van der Waals surface area contributed by atoms with Crippen LogP contribution in [0.25, 0.3) is 0 Å². The second-order valence-electron chi connectivity index (χ2n) is 15.1. The summed E-state index contributed by atoms with van der Waals surface area (Å²) in [5.74, 6) is -3.69. The van der Waals surface area contributed by atoms with Gasteiger partial charge in [-0.3, -0.25) is 20.3 Å². The van der Waals surface area contributed by atoms with E-state index in [9.17, 15) is 36.5 Å². The average molecular weight is 796 g/mol. The molecule has 0 bridgehead atoms. The quantitative estimate of drug-likeness (QED) is 0.0426. The summed E-state index contributed by atoms with van der Waals surface area (Å²) in [6, 6.07) is 20.7. The lowest BCUT2D eigenvalue weighted by Gasteiger charge is -2.28. The van der Waals surface area contributed by atoms with E-state index in [-0.39, 0.29) is 67.4 Å². The largest absolute Gasteiger partial charge is 0.492 e. The van der Waals surface area contributed by atoms with Gasteiger partial charge < -0.3 is 14.2 Å². The van der Waals surface area contributed by atoms with Crippen LogP contribution in [0.5, 0.6) is 11.5 Å². The molecule has 0 amide bonds. The molecule has 1 saturated heterocycles. The number of hydrogen-bond acceptors (Lipinski definition) is 10. The van der Waals surface area contributed by atoms with E-state index < -0.39 is 61.0 Å². The molecule has 1 aliphatic carbocycles. The SMILES string of the molecule is CCOC(=O)[C@H](Cc1ccc(OCCN[C@@]2(S(=O)(=O)c3ccc([N+](=O)[O-])cc3)C3CN(Cc4cc(F)c(F)cc4F)C[C@H]32)cc1)Oc1ccc(C(C)(C)C)cc1. The van der Waals surface area contributed by atoms with E-state index in [0.717, 1.165) is 29.3 Å². The van der Waals surface area contributed by atoms with Crippen molar-refractivity contribution in [1.82, 2.24) is 10.2 Å². The number of nitro benzene ring substituents is 1. The molecule has 56 heavy (non-hydrogen) atoms. The number of halogens is 3. The number of likely N-dealkylation sites (tertiary alicyclic amines) is 1. The topological polar surface area (TPSA) is 137 Å². The lowest BCUT2D eigenvalue weighted by molar-refractivity contribution is -0.384. The Balaban J connectivity index is 1.10. The van der Waals surface area contributed by atoms with Crippen molar-refractivity contribution in [3.63, 3.8) is 0 Å². The number of nitro groups is 1. The van der Waals surface area contributed by atoms with Gasteiger partial charge in [-0.15, -0.1) is 0 Å². The summed E-state index contributed by atoms with van der Waals surface area (Å²) in [5, 5.41) is 14.4. The fraction of sp³-hybridized carbons (Fsp3) is 0.390. The van der Waals surface area contributed by atoms with E-state index >= 15 is 0 Å². The van der Waals surface area contributed by atoms with Crippen LogP contribution in [0.15, 0.2) is 89.8 Å². The number of fused-ring (bicyclic) bond motifs is 1. The van der Waals surface area contributed by atoms with Crippen LogP contribution >= 0.6 is 0 Å². The summed E-state index contributed by atoms with van der Waals surface area (Å²) in [5.41, 5.74) is 1.59. The van der Waals surface area contributed by atoms with E-state index in [2.05, 4.69) is 26.1 Å². The molecule has 15 heteroatoms. The molecule has 1 N–H and O–H groups in total. The lowest BCUT2D eigenvalue weighted by atomic mass is 9.87. The minimum atomic E-state index is -4.10. The predicted molar refractivity (Wildman–Crippen MR) is 201 cm³/mol. The number of rotatable bonds is 16. The van der Waals surface area contributed by atoms with Gasteiger partial charge in [0, 0.05) is 68.2 Å². The highest BCUT2D eigenvalue weighted by molar-refractivity contribution is 7.93. The third-order valence-corrected chi connectivity index (χ3v) is 12.9. The van der Waals surface area contributed by atoms with Crippen LogP contribution in [0.3, 0.4) is 0 Å². The predicted octanol–water partition coefficient (Wildman–Crippen LogP) is 6.76. The van der Waals surface area contributed by atoms with Crippen LogP contribution in [0.4, 0.5) is 18.9 Å². The Morgan fingerprint density at radius 2 is 1.54 bits per heavy atom. The average Bonchev–Trinajstić information content (AvgIpc) is 3.54. The minimum absolute atomic E-state index is 0.0358. The van der Waals surface area contributed by atoms with Gasteiger partial charge in [0.05, 0.1) is 16.4 Å². The highest BCUT2D eigenvalue weighted by Gasteiger charge is 2.75. The third-order valence-electron chi connectivity index (χ3n) is 10.3. The number of non-ortho nitro benzene ring substituents is 1. The maximum atomic E-state index is 14.4. The second-order valence-corrected chi connectivity index (χ2v) is 17.2. The molecule has 1 unspecified atom stereocenters. The zero-order valence-corrected chi connectivity index (χ0v) is 32.3. The van der Waals surface area contributed by atoms with Crippen molar-refractivity contribution >= 4 is 21.5 Å². The Morgan fingerprint density at radius 3 is 2.12 bits per heavy atom. The number of esters is 1. The number of carbonyl (C=O) groups is 1. The Hall–Kier alpha value is -4.99. The molecule has 0 aromatic heterocycles. The van der Waals surface area contributed by atoms with E-state index in [1.54, 1.807) is 36.1 Å². The van der Waals surface area contributed by atoms with Crippen molar-refractivity contribution in [3.8, 4) is 11.5 Å². The van der Waals surface area contributed by atoms with E-state index in [0.29, 0.717) is 17.6 Å². The van der Waals surface area contributed by atoms with Crippen LogP contribution < -0.4 is 14.8 Å². The van der Waals surface area contributed by atoms with Crippen LogP contribution in [-0.2, 0) is 37.7 Å². The molecule has 1 aliphatic heterocycles. The summed E-state index contributed by atoms with van der Waals surface area (Å²) in [4.78, 5) is 23.7. The van der Waals surface area contributed by atoms with Gasteiger partial charge in [-0.05, 0) is 65.9 Å². The Morgan fingerprint density at radius 1 is 0.929 bits per heavy atom. The highest BCUT2D eigenvalue weighted by atomic mass is 32.2. The van der Waals surface area contributed by atoms with Crippen molar-refractivity contribution < 1.29 is 45.5 Å². The van der Waals surface area contributed by atoms with E-state index in [4.69, 9.17) is 14.2 Å². The molecule has 6 rings (SSSR count). The molecule has 4 aromatic rings. The number of ether oxygens (including phenoxy) is 3. The molecule has 2 fully saturated rings. The van der Waals surface area contributed by atoms with Crippen molar-refractivity contribution in [1.29, 1.82) is 0 Å². The third kappa shape index (κ3) is 8.54. The summed E-state index contributed by atoms with van der Waals surface area (Å²) in [7, 11) is -4.10. The van der Waals surface area contributed by atoms with Gasteiger partial charge >= 0.3 is 5.97 Å². The van der Waals surface area contributed by atoms with Crippen LogP contribution in [0.2, 0.25) is 0 Å². The zero-order valence-electron chi connectivity index (χ0n) is 31.5. The standard InChI is InChI=1S/C41H44F3N3O8S/c1-5-53-39(48)38(55-31-14-8-28(9-15-31)40(2,3)4)20-26-6-12-30(13-7-26)54-19-18-45-41(56(51,52)32-16-10-29(11-17-32)47(49)50)33-24-46(25-34(33)41)23-27-21-36(43)37(44)22-35(27)42/h6-17,21-22,33-34,38,45H,5,18-20,23-25H2,1-4H3/t33-,34?,38+,41+/m1/s1. The number of piperidine rings is 1. The molecule has 1 saturated carbocycles. The van der Waals surface area contributed by atoms with Crippen LogP contribution in [0.1, 0.15) is 44.4 Å². The Bertz CT molecular complexity index is 2150. The Kier molecular flexibility index (Phi) is 11.8. The number of nitrogens with one attached hydrogen (secondary N) is 1. The number of nitrogens with zero attached hydrogens (tertiary/aromatic N) is 2. The molecule has 298 valence electrons. The van der Waals surface area contributed by atoms with Gasteiger partial charge in [0.15, 0.2) is 27.6 Å². The van der Waals surface area contributed by atoms with E-state index in [1.807, 2.05) is 24.3 Å². The molecule has 11 nitrogen and oxygen atoms in total. The van der Waals surface area contributed by atoms with Gasteiger partial charge in [-0.1, -0.05) is 45.0 Å². The number of benzene rings is 4. The monoisotopic (exact) mass is 795 g/mol. The van der Waals surface area contributed by atoms with Gasteiger partial charge in [0.25, 0.3) is 5.69 Å². The zero-order chi connectivity index (χ0) is 40.4. The fourth-order valence-corrected chi connectivity index (χ4v) is 9.76. The van der Waals surface area contributed by atoms with E-state index in [1.165, 1.54) is 12.1 Å². The molecule has 0 radical (unpaired) electrons.